The molecule has 0 nitrogen and oxygen atoms in total. The minimum absolute atomic E-state index is 1.22. The maximum atomic E-state index is 2.12. The second-order valence-electron chi connectivity index (χ2n) is 0.723. The van der Waals surface area contributed by atoms with E-state index in [1.807, 2.05) is 23.5 Å². The first-order valence-electron chi connectivity index (χ1n) is 1.38. The number of rotatable bonds is 0. The largest absolute Gasteiger partial charge is 0.122 e. The van der Waals surface area contributed by atoms with Crippen LogP contribution in [0.3, 0.4) is 0 Å². The molecular formula is C3H4S2. The van der Waals surface area contributed by atoms with Crippen molar-refractivity contribution >= 4 is 23.5 Å². The Hall–Kier alpha value is 0.440. The van der Waals surface area contributed by atoms with Crippen LogP contribution in [-0.4, -0.2) is 5.08 Å². The number of hydrogen-bond acceptors (Lipinski definition) is 2. The topological polar surface area (TPSA) is 0 Å². The summed E-state index contributed by atoms with van der Waals surface area (Å²) in [5, 5.41) is 5.45. The van der Waals surface area contributed by atoms with E-state index < -0.39 is 0 Å². The van der Waals surface area contributed by atoms with Crippen LogP contribution >= 0.6 is 23.5 Å². The number of hydrogen-bond donors (Lipinski definition) is 0. The van der Waals surface area contributed by atoms with E-state index in [9.17, 15) is 0 Å². The van der Waals surface area contributed by atoms with Crippen molar-refractivity contribution in [3.63, 3.8) is 0 Å². The molecule has 0 bridgehead atoms. The molecule has 0 aromatic heterocycles. The van der Waals surface area contributed by atoms with Gasteiger partial charge in [0.05, 0.1) is 0 Å². The molecule has 5 heavy (non-hydrogen) atoms. The molecule has 0 N–H and O–H groups in total. The Balaban J connectivity index is 2.32. The molecule has 0 aromatic carbocycles. The summed E-state index contributed by atoms with van der Waals surface area (Å²) in [6.45, 7) is 0. The molecule has 0 fully saturated rings. The van der Waals surface area contributed by atoms with E-state index in [-0.39, 0.29) is 0 Å². The quantitative estimate of drug-likeness (QED) is 0.460. The minimum Gasteiger partial charge on any atom is -0.122 e. The highest BCUT2D eigenvalue weighted by Gasteiger charge is 1.85. The van der Waals surface area contributed by atoms with Crippen LogP contribution in [0.15, 0.2) is 10.8 Å². The van der Waals surface area contributed by atoms with Crippen LogP contribution < -0.4 is 0 Å². The summed E-state index contributed by atoms with van der Waals surface area (Å²) in [5.41, 5.74) is 0. The van der Waals surface area contributed by atoms with Gasteiger partial charge in [0.2, 0.25) is 0 Å². The summed E-state index contributed by atoms with van der Waals surface area (Å²) in [4.78, 5) is 0. The van der Waals surface area contributed by atoms with Crippen LogP contribution in [0.4, 0.5) is 0 Å². The van der Waals surface area contributed by atoms with Gasteiger partial charge in [-0.25, -0.2) is 0 Å². The lowest BCUT2D eigenvalue weighted by Gasteiger charge is -1.69. The maximum Gasteiger partial charge on any atom is 0.0475 e. The lowest BCUT2D eigenvalue weighted by Crippen LogP contribution is -1.42. The van der Waals surface area contributed by atoms with Crippen LogP contribution in [0.1, 0.15) is 0 Å². The van der Waals surface area contributed by atoms with Crippen molar-refractivity contribution in [2.24, 2.45) is 0 Å². The maximum absolute atomic E-state index is 2.12. The molecule has 2 heteroatoms. The molecular weight excluding hydrogens is 100 g/mol. The molecule has 0 aliphatic carbocycles. The van der Waals surface area contributed by atoms with Gasteiger partial charge in [-0.15, -0.1) is 23.5 Å². The van der Waals surface area contributed by atoms with Gasteiger partial charge in [-0.1, -0.05) is 0 Å². The zero-order chi connectivity index (χ0) is 3.54. The molecule has 28 valence electrons. The molecule has 1 aliphatic rings. The fourth-order valence-corrected chi connectivity index (χ4v) is 1.77. The van der Waals surface area contributed by atoms with Crippen LogP contribution in [-0.2, 0) is 0 Å². The first-order chi connectivity index (χ1) is 2.50. The summed E-state index contributed by atoms with van der Waals surface area (Å²) < 4.78 is 0. The Bertz CT molecular complexity index is 42.9. The van der Waals surface area contributed by atoms with Crippen molar-refractivity contribution in [2.75, 3.05) is 5.08 Å². The molecule has 0 unspecified atom stereocenters. The highest BCUT2D eigenvalue weighted by atomic mass is 32.2. The van der Waals surface area contributed by atoms with Crippen molar-refractivity contribution < 1.29 is 0 Å². The Morgan fingerprint density at radius 2 is 1.80 bits per heavy atom. The average molecular weight is 104 g/mol. The zero-order valence-corrected chi connectivity index (χ0v) is 4.31. The van der Waals surface area contributed by atoms with Gasteiger partial charge in [-0.2, -0.15) is 0 Å². The smallest absolute Gasteiger partial charge is 0.0475 e. The van der Waals surface area contributed by atoms with Crippen LogP contribution in [0, 0.1) is 0 Å². The van der Waals surface area contributed by atoms with Gasteiger partial charge < -0.3 is 0 Å². The van der Waals surface area contributed by atoms with Crippen molar-refractivity contribution in [3.8, 4) is 0 Å². The van der Waals surface area contributed by atoms with E-state index in [1.54, 1.807) is 0 Å². The highest BCUT2D eigenvalue weighted by Crippen LogP contribution is 2.22. The van der Waals surface area contributed by atoms with Crippen LogP contribution in [0.25, 0.3) is 0 Å². The molecule has 0 amide bonds. The van der Waals surface area contributed by atoms with Gasteiger partial charge in [0.1, 0.15) is 0 Å². The highest BCUT2D eigenvalue weighted by molar-refractivity contribution is 8.21. The average Bonchev–Trinajstić information content (AvgIpc) is 1.76. The van der Waals surface area contributed by atoms with Gasteiger partial charge in [-0.3, -0.25) is 0 Å². The third-order valence-corrected chi connectivity index (χ3v) is 2.30. The fraction of sp³-hybridized carbons (Fsp3) is 0.333. The van der Waals surface area contributed by atoms with E-state index in [0.717, 1.165) is 0 Å². The number of thioether (sulfide) groups is 2. The third kappa shape index (κ3) is 0.893. The molecule has 1 aliphatic heterocycles. The Morgan fingerprint density at radius 1 is 1.20 bits per heavy atom. The Labute approximate surface area is 40.0 Å². The third-order valence-electron chi connectivity index (χ3n) is 0.384. The van der Waals surface area contributed by atoms with E-state index in [2.05, 4.69) is 10.8 Å². The minimum atomic E-state index is 1.22. The van der Waals surface area contributed by atoms with Gasteiger partial charge in [-0.05, 0) is 10.8 Å². The summed E-state index contributed by atoms with van der Waals surface area (Å²) >= 11 is 3.71. The first-order valence-corrected chi connectivity index (χ1v) is 3.48. The fourth-order valence-electron chi connectivity index (χ4n) is 0.196. The molecule has 0 radical (unpaired) electrons. The second kappa shape index (κ2) is 1.78. The molecule has 0 saturated carbocycles. The summed E-state index contributed by atoms with van der Waals surface area (Å²) in [6.07, 6.45) is 0. The monoisotopic (exact) mass is 104 g/mol. The lowest BCUT2D eigenvalue weighted by molar-refractivity contribution is 2.33. The standard InChI is InChI=1S/C3H4S2/c1-2-5-3-4-1/h1-2H,3H2. The van der Waals surface area contributed by atoms with Gasteiger partial charge in [0.25, 0.3) is 0 Å². The Morgan fingerprint density at radius 3 is 2.00 bits per heavy atom. The van der Waals surface area contributed by atoms with Crippen molar-refractivity contribution in [3.05, 3.63) is 10.8 Å². The van der Waals surface area contributed by atoms with Gasteiger partial charge in [0, 0.05) is 5.08 Å². The van der Waals surface area contributed by atoms with Crippen molar-refractivity contribution in [1.82, 2.24) is 0 Å². The predicted octanol–water partition coefficient (Wildman–Crippen LogP) is 1.90. The summed E-state index contributed by atoms with van der Waals surface area (Å²) in [6, 6.07) is 0. The van der Waals surface area contributed by atoms with Crippen molar-refractivity contribution in [2.45, 2.75) is 0 Å². The van der Waals surface area contributed by atoms with Gasteiger partial charge in [0.15, 0.2) is 0 Å². The van der Waals surface area contributed by atoms with Crippen LogP contribution in [0.5, 0.6) is 0 Å². The predicted molar refractivity (Wildman–Crippen MR) is 29.2 cm³/mol. The van der Waals surface area contributed by atoms with Crippen molar-refractivity contribution in [1.29, 1.82) is 0 Å². The van der Waals surface area contributed by atoms with E-state index in [0.29, 0.717) is 0 Å². The first kappa shape index (κ1) is 3.62. The Kier molecular flexibility index (Phi) is 1.29. The molecule has 0 saturated heterocycles. The normalized spacial score (nSPS) is 20.8. The van der Waals surface area contributed by atoms with E-state index in [1.165, 1.54) is 5.08 Å². The lowest BCUT2D eigenvalue weighted by atomic mass is 11.3. The SMILES string of the molecule is C1=CSCS1. The summed E-state index contributed by atoms with van der Waals surface area (Å²) in [7, 11) is 0. The zero-order valence-electron chi connectivity index (χ0n) is 2.68. The van der Waals surface area contributed by atoms with E-state index in [4.69, 9.17) is 0 Å². The molecule has 1 heterocycles. The molecule has 0 atom stereocenters. The molecule has 0 aromatic rings. The van der Waals surface area contributed by atoms with E-state index >= 15 is 0 Å². The molecule has 1 rings (SSSR count). The molecule has 0 spiro atoms. The van der Waals surface area contributed by atoms with Gasteiger partial charge >= 0.3 is 0 Å². The summed E-state index contributed by atoms with van der Waals surface area (Å²) in [5.74, 6) is 0. The second-order valence-corrected chi connectivity index (χ2v) is 2.88. The van der Waals surface area contributed by atoms with Crippen LogP contribution in [0.2, 0.25) is 0 Å².